The van der Waals surface area contributed by atoms with Crippen molar-refractivity contribution in [1.82, 2.24) is 9.80 Å². The Kier molecular flexibility index (Phi) is 5.16. The average molecular weight is 291 g/mol. The topological polar surface area (TPSA) is 86.9 Å². The molecule has 114 valence electrons. The Bertz CT molecular complexity index is 493. The Morgan fingerprint density at radius 2 is 1.71 bits per heavy atom. The Morgan fingerprint density at radius 1 is 1.10 bits per heavy atom. The molecule has 1 aliphatic heterocycles. The number of nitrogen functional groups attached to an aromatic ring is 1. The summed E-state index contributed by atoms with van der Waals surface area (Å²) in [5, 5.41) is 8.67. The SMILES string of the molecule is Nc1ccc(CC(=O)N2CCN(CCC(=O)O)CC2)cc1. The van der Waals surface area contributed by atoms with Crippen molar-refractivity contribution in [3.8, 4) is 0 Å². The number of benzene rings is 1. The summed E-state index contributed by atoms with van der Waals surface area (Å²) in [6, 6.07) is 7.34. The fourth-order valence-electron chi connectivity index (χ4n) is 2.40. The summed E-state index contributed by atoms with van der Waals surface area (Å²) in [6.07, 6.45) is 0.536. The summed E-state index contributed by atoms with van der Waals surface area (Å²) in [6.45, 7) is 3.34. The zero-order chi connectivity index (χ0) is 15.2. The van der Waals surface area contributed by atoms with Gasteiger partial charge in [0, 0.05) is 38.4 Å². The first-order chi connectivity index (χ1) is 10.0. The minimum atomic E-state index is -0.781. The van der Waals surface area contributed by atoms with Crippen LogP contribution in [-0.4, -0.2) is 59.5 Å². The van der Waals surface area contributed by atoms with E-state index in [1.165, 1.54) is 0 Å². The van der Waals surface area contributed by atoms with Gasteiger partial charge in [-0.05, 0) is 17.7 Å². The van der Waals surface area contributed by atoms with Gasteiger partial charge in [-0.3, -0.25) is 14.5 Å². The molecule has 0 aromatic heterocycles. The van der Waals surface area contributed by atoms with Crippen LogP contribution in [0.1, 0.15) is 12.0 Å². The van der Waals surface area contributed by atoms with E-state index in [9.17, 15) is 9.59 Å². The van der Waals surface area contributed by atoms with Gasteiger partial charge in [-0.1, -0.05) is 12.1 Å². The molecule has 1 fully saturated rings. The average Bonchev–Trinajstić information content (AvgIpc) is 2.48. The van der Waals surface area contributed by atoms with E-state index < -0.39 is 5.97 Å². The first-order valence-electron chi connectivity index (χ1n) is 7.11. The molecule has 1 aliphatic rings. The van der Waals surface area contributed by atoms with Crippen LogP contribution in [0.4, 0.5) is 5.69 Å². The molecule has 0 saturated carbocycles. The Morgan fingerprint density at radius 3 is 2.29 bits per heavy atom. The van der Waals surface area contributed by atoms with Gasteiger partial charge in [0.15, 0.2) is 0 Å². The van der Waals surface area contributed by atoms with Crippen molar-refractivity contribution < 1.29 is 14.7 Å². The van der Waals surface area contributed by atoms with Crippen LogP contribution in [-0.2, 0) is 16.0 Å². The van der Waals surface area contributed by atoms with Crippen molar-refractivity contribution in [2.24, 2.45) is 0 Å². The van der Waals surface area contributed by atoms with Crippen LogP contribution in [0.15, 0.2) is 24.3 Å². The molecule has 6 nitrogen and oxygen atoms in total. The largest absolute Gasteiger partial charge is 0.481 e. The number of carboxylic acids is 1. The first-order valence-corrected chi connectivity index (χ1v) is 7.11. The molecule has 0 aliphatic carbocycles. The van der Waals surface area contributed by atoms with Crippen LogP contribution < -0.4 is 5.73 Å². The predicted octanol–water partition coefficient (Wildman–Crippen LogP) is 0.430. The Hall–Kier alpha value is -2.08. The second kappa shape index (κ2) is 7.08. The normalized spacial score (nSPS) is 15.9. The number of carbonyl (C=O) groups is 2. The third-order valence-corrected chi connectivity index (χ3v) is 3.70. The molecular formula is C15H21N3O3. The van der Waals surface area contributed by atoms with Crippen molar-refractivity contribution in [2.75, 3.05) is 38.5 Å². The van der Waals surface area contributed by atoms with E-state index in [1.54, 1.807) is 12.1 Å². The minimum Gasteiger partial charge on any atom is -0.481 e. The van der Waals surface area contributed by atoms with Crippen LogP contribution in [0.25, 0.3) is 0 Å². The van der Waals surface area contributed by atoms with Gasteiger partial charge in [0.2, 0.25) is 5.91 Å². The molecule has 0 unspecified atom stereocenters. The highest BCUT2D eigenvalue weighted by Crippen LogP contribution is 2.09. The molecule has 0 spiro atoms. The Balaban J connectivity index is 1.77. The van der Waals surface area contributed by atoms with E-state index in [0.717, 1.165) is 18.7 Å². The van der Waals surface area contributed by atoms with Crippen molar-refractivity contribution in [1.29, 1.82) is 0 Å². The standard InChI is InChI=1S/C15H21N3O3/c16-13-3-1-12(2-4-13)11-14(19)18-9-7-17(8-10-18)6-5-15(20)21/h1-4H,5-11,16H2,(H,20,21). The number of nitrogens with two attached hydrogens (primary N) is 1. The van der Waals surface area contributed by atoms with E-state index in [4.69, 9.17) is 10.8 Å². The third-order valence-electron chi connectivity index (χ3n) is 3.70. The number of hydrogen-bond donors (Lipinski definition) is 2. The molecular weight excluding hydrogens is 270 g/mol. The van der Waals surface area contributed by atoms with Gasteiger partial charge in [-0.25, -0.2) is 0 Å². The summed E-state index contributed by atoms with van der Waals surface area (Å²) in [5.41, 5.74) is 7.28. The zero-order valence-corrected chi connectivity index (χ0v) is 12.0. The molecule has 0 radical (unpaired) electrons. The quantitative estimate of drug-likeness (QED) is 0.768. The van der Waals surface area contributed by atoms with E-state index in [0.29, 0.717) is 31.7 Å². The predicted molar refractivity (Wildman–Crippen MR) is 79.8 cm³/mol. The lowest BCUT2D eigenvalue weighted by Crippen LogP contribution is -2.49. The highest BCUT2D eigenvalue weighted by molar-refractivity contribution is 5.79. The van der Waals surface area contributed by atoms with E-state index in [1.807, 2.05) is 17.0 Å². The van der Waals surface area contributed by atoms with Gasteiger partial charge in [-0.15, -0.1) is 0 Å². The number of nitrogens with zero attached hydrogens (tertiary/aromatic N) is 2. The molecule has 0 atom stereocenters. The van der Waals surface area contributed by atoms with Crippen LogP contribution >= 0.6 is 0 Å². The fraction of sp³-hybridized carbons (Fsp3) is 0.467. The van der Waals surface area contributed by atoms with Crippen LogP contribution in [0.2, 0.25) is 0 Å². The van der Waals surface area contributed by atoms with E-state index in [2.05, 4.69) is 4.90 Å². The number of anilines is 1. The summed E-state index contributed by atoms with van der Waals surface area (Å²) >= 11 is 0. The third kappa shape index (κ3) is 4.75. The number of carboxylic acid groups (broad SMARTS) is 1. The number of rotatable bonds is 5. The molecule has 0 bridgehead atoms. The van der Waals surface area contributed by atoms with Gasteiger partial charge >= 0.3 is 5.97 Å². The number of hydrogen-bond acceptors (Lipinski definition) is 4. The number of amides is 1. The molecule has 1 saturated heterocycles. The number of aliphatic carboxylic acids is 1. The lowest BCUT2D eigenvalue weighted by molar-refractivity contribution is -0.138. The van der Waals surface area contributed by atoms with Crippen molar-refractivity contribution in [2.45, 2.75) is 12.8 Å². The maximum absolute atomic E-state index is 12.2. The molecule has 1 heterocycles. The smallest absolute Gasteiger partial charge is 0.304 e. The monoisotopic (exact) mass is 291 g/mol. The molecule has 1 aromatic rings. The maximum Gasteiger partial charge on any atom is 0.304 e. The second-order valence-electron chi connectivity index (χ2n) is 5.28. The molecule has 1 aromatic carbocycles. The Labute approximate surface area is 124 Å². The van der Waals surface area contributed by atoms with Crippen LogP contribution in [0.5, 0.6) is 0 Å². The summed E-state index contributed by atoms with van der Waals surface area (Å²) in [5.74, 6) is -0.672. The molecule has 3 N–H and O–H groups in total. The molecule has 6 heteroatoms. The van der Waals surface area contributed by atoms with E-state index in [-0.39, 0.29) is 12.3 Å². The van der Waals surface area contributed by atoms with Crippen molar-refractivity contribution in [3.05, 3.63) is 29.8 Å². The number of carbonyl (C=O) groups excluding carboxylic acids is 1. The summed E-state index contributed by atoms with van der Waals surface area (Å²) in [7, 11) is 0. The summed E-state index contributed by atoms with van der Waals surface area (Å²) < 4.78 is 0. The van der Waals surface area contributed by atoms with Gasteiger partial charge in [0.05, 0.1) is 12.8 Å². The van der Waals surface area contributed by atoms with Crippen LogP contribution in [0.3, 0.4) is 0 Å². The van der Waals surface area contributed by atoms with Crippen molar-refractivity contribution in [3.63, 3.8) is 0 Å². The van der Waals surface area contributed by atoms with Gasteiger partial charge in [-0.2, -0.15) is 0 Å². The molecule has 1 amide bonds. The lowest BCUT2D eigenvalue weighted by Gasteiger charge is -2.34. The molecule has 2 rings (SSSR count). The van der Waals surface area contributed by atoms with Crippen molar-refractivity contribution >= 4 is 17.6 Å². The maximum atomic E-state index is 12.2. The van der Waals surface area contributed by atoms with E-state index >= 15 is 0 Å². The second-order valence-corrected chi connectivity index (χ2v) is 5.28. The highest BCUT2D eigenvalue weighted by Gasteiger charge is 2.21. The fourth-order valence-corrected chi connectivity index (χ4v) is 2.40. The van der Waals surface area contributed by atoms with Gasteiger partial charge < -0.3 is 15.7 Å². The summed E-state index contributed by atoms with van der Waals surface area (Å²) in [4.78, 5) is 26.7. The first kappa shape index (κ1) is 15.3. The highest BCUT2D eigenvalue weighted by atomic mass is 16.4. The van der Waals surface area contributed by atoms with Gasteiger partial charge in [0.25, 0.3) is 0 Å². The van der Waals surface area contributed by atoms with Crippen LogP contribution in [0, 0.1) is 0 Å². The number of piperazine rings is 1. The molecule has 21 heavy (non-hydrogen) atoms. The minimum absolute atomic E-state index is 0.109. The zero-order valence-electron chi connectivity index (χ0n) is 12.0. The lowest BCUT2D eigenvalue weighted by atomic mass is 10.1. The van der Waals surface area contributed by atoms with Gasteiger partial charge in [0.1, 0.15) is 0 Å².